The van der Waals surface area contributed by atoms with Crippen LogP contribution in [0.15, 0.2) is 16.6 Å². The zero-order valence-corrected chi connectivity index (χ0v) is 12.1. The minimum Gasteiger partial charge on any atom is -0.493 e. The van der Waals surface area contributed by atoms with E-state index < -0.39 is 0 Å². The topological polar surface area (TPSA) is 47.7 Å². The lowest BCUT2D eigenvalue weighted by atomic mass is 10.2. The van der Waals surface area contributed by atoms with Gasteiger partial charge in [0.15, 0.2) is 11.5 Å². The van der Waals surface area contributed by atoms with E-state index in [-0.39, 0.29) is 0 Å². The molecule has 0 amide bonds. The Morgan fingerprint density at radius 2 is 2.06 bits per heavy atom. The number of hydrogen-bond donors (Lipinski definition) is 1. The molecule has 1 rings (SSSR count). The van der Waals surface area contributed by atoms with Gasteiger partial charge in [0.25, 0.3) is 0 Å². The third kappa shape index (κ3) is 4.18. The second-order valence-corrected chi connectivity index (χ2v) is 4.82. The van der Waals surface area contributed by atoms with Gasteiger partial charge in [0.05, 0.1) is 11.6 Å². The van der Waals surface area contributed by atoms with Gasteiger partial charge in [-0.3, -0.25) is 0 Å². The number of nitrogens with two attached hydrogens (primary N) is 1. The van der Waals surface area contributed by atoms with Crippen LogP contribution in [0.2, 0.25) is 0 Å². The molecule has 0 aliphatic heterocycles. The van der Waals surface area contributed by atoms with Crippen molar-refractivity contribution in [1.29, 1.82) is 0 Å². The quantitative estimate of drug-likeness (QED) is 0.871. The molecule has 0 heterocycles. The van der Waals surface area contributed by atoms with E-state index in [2.05, 4.69) is 20.8 Å². The Bertz CT molecular complexity index is 370. The zero-order chi connectivity index (χ0) is 12.8. The number of halogens is 1. The van der Waals surface area contributed by atoms with Crippen molar-refractivity contribution in [3.63, 3.8) is 0 Å². The standard InChI is InChI=1S/C12H19BrN2O2/c1-15(2)4-5-17-12-10(13)6-9(8-14)7-11(12)16-3/h6-7H,4-5,8,14H2,1-3H3. The maximum atomic E-state index is 5.71. The molecule has 0 aliphatic carbocycles. The van der Waals surface area contributed by atoms with Crippen molar-refractivity contribution in [2.45, 2.75) is 6.54 Å². The van der Waals surface area contributed by atoms with Crippen LogP contribution in [0.5, 0.6) is 11.5 Å². The molecule has 0 radical (unpaired) electrons. The van der Waals surface area contributed by atoms with Crippen molar-refractivity contribution in [1.82, 2.24) is 4.90 Å². The average molecular weight is 303 g/mol. The molecule has 17 heavy (non-hydrogen) atoms. The number of ether oxygens (including phenoxy) is 2. The Kier molecular flexibility index (Phi) is 5.74. The van der Waals surface area contributed by atoms with Gasteiger partial charge in [-0.25, -0.2) is 0 Å². The molecule has 2 N–H and O–H groups in total. The summed E-state index contributed by atoms with van der Waals surface area (Å²) in [6, 6.07) is 3.85. The number of hydrogen-bond acceptors (Lipinski definition) is 4. The van der Waals surface area contributed by atoms with Gasteiger partial charge in [0, 0.05) is 13.1 Å². The zero-order valence-electron chi connectivity index (χ0n) is 10.5. The van der Waals surface area contributed by atoms with E-state index in [1.54, 1.807) is 7.11 Å². The Morgan fingerprint density at radius 3 is 2.59 bits per heavy atom. The fraction of sp³-hybridized carbons (Fsp3) is 0.500. The summed E-state index contributed by atoms with van der Waals surface area (Å²) in [5.74, 6) is 1.44. The van der Waals surface area contributed by atoms with Crippen LogP contribution in [0.25, 0.3) is 0 Å². The first kappa shape index (κ1) is 14.3. The minimum absolute atomic E-state index is 0.479. The van der Waals surface area contributed by atoms with Gasteiger partial charge >= 0.3 is 0 Å². The molecule has 4 nitrogen and oxygen atoms in total. The lowest BCUT2D eigenvalue weighted by Crippen LogP contribution is -2.19. The van der Waals surface area contributed by atoms with Crippen LogP contribution in [-0.4, -0.2) is 39.3 Å². The Labute approximate surface area is 111 Å². The summed E-state index contributed by atoms with van der Waals surface area (Å²) < 4.78 is 11.9. The molecule has 0 saturated heterocycles. The van der Waals surface area contributed by atoms with E-state index in [4.69, 9.17) is 15.2 Å². The summed E-state index contributed by atoms with van der Waals surface area (Å²) in [4.78, 5) is 2.06. The SMILES string of the molecule is COc1cc(CN)cc(Br)c1OCCN(C)C. The van der Waals surface area contributed by atoms with Crippen LogP contribution >= 0.6 is 15.9 Å². The number of benzene rings is 1. The fourth-order valence-corrected chi connectivity index (χ4v) is 1.97. The van der Waals surface area contributed by atoms with E-state index in [9.17, 15) is 0 Å². The third-order valence-electron chi connectivity index (χ3n) is 2.31. The molecule has 96 valence electrons. The van der Waals surface area contributed by atoms with Crippen molar-refractivity contribution in [3.8, 4) is 11.5 Å². The number of likely N-dealkylation sites (N-methyl/N-ethyl adjacent to an activating group) is 1. The Morgan fingerprint density at radius 1 is 1.35 bits per heavy atom. The van der Waals surface area contributed by atoms with Gasteiger partial charge in [0.2, 0.25) is 0 Å². The van der Waals surface area contributed by atoms with Crippen molar-refractivity contribution in [2.24, 2.45) is 5.73 Å². The molecule has 0 aliphatic rings. The van der Waals surface area contributed by atoms with Crippen LogP contribution in [0, 0.1) is 0 Å². The highest BCUT2D eigenvalue weighted by atomic mass is 79.9. The summed E-state index contributed by atoms with van der Waals surface area (Å²) in [6.07, 6.45) is 0. The van der Waals surface area contributed by atoms with Crippen molar-refractivity contribution in [2.75, 3.05) is 34.4 Å². The van der Waals surface area contributed by atoms with Gasteiger partial charge in [0.1, 0.15) is 6.61 Å². The van der Waals surface area contributed by atoms with Crippen LogP contribution < -0.4 is 15.2 Å². The van der Waals surface area contributed by atoms with Crippen molar-refractivity contribution in [3.05, 3.63) is 22.2 Å². The van der Waals surface area contributed by atoms with E-state index >= 15 is 0 Å². The van der Waals surface area contributed by atoms with E-state index in [0.29, 0.717) is 18.9 Å². The maximum absolute atomic E-state index is 5.71. The minimum atomic E-state index is 0.479. The summed E-state index contributed by atoms with van der Waals surface area (Å²) in [5.41, 5.74) is 6.62. The van der Waals surface area contributed by atoms with Crippen molar-refractivity contribution < 1.29 is 9.47 Å². The molecule has 0 atom stereocenters. The molecule has 0 unspecified atom stereocenters. The molecular weight excluding hydrogens is 284 g/mol. The lowest BCUT2D eigenvalue weighted by Gasteiger charge is -2.15. The van der Waals surface area contributed by atoms with Crippen LogP contribution in [0.1, 0.15) is 5.56 Å². The van der Waals surface area contributed by atoms with E-state index in [1.807, 2.05) is 26.2 Å². The Hall–Kier alpha value is -0.780. The van der Waals surface area contributed by atoms with Crippen LogP contribution in [0.4, 0.5) is 0 Å². The molecule has 0 bridgehead atoms. The van der Waals surface area contributed by atoms with E-state index in [1.165, 1.54) is 0 Å². The molecule has 5 heteroatoms. The molecule has 0 aromatic heterocycles. The summed E-state index contributed by atoms with van der Waals surface area (Å²) in [6.45, 7) is 1.95. The first-order valence-electron chi connectivity index (χ1n) is 5.42. The van der Waals surface area contributed by atoms with Gasteiger partial charge < -0.3 is 20.1 Å². The average Bonchev–Trinajstić information content (AvgIpc) is 2.30. The fourth-order valence-electron chi connectivity index (χ4n) is 1.36. The molecular formula is C12H19BrN2O2. The van der Waals surface area contributed by atoms with Crippen LogP contribution in [0.3, 0.4) is 0 Å². The molecule has 0 fully saturated rings. The second-order valence-electron chi connectivity index (χ2n) is 3.96. The molecule has 1 aromatic carbocycles. The first-order valence-corrected chi connectivity index (χ1v) is 6.21. The third-order valence-corrected chi connectivity index (χ3v) is 2.90. The molecule has 0 spiro atoms. The number of rotatable bonds is 6. The Balaban J connectivity index is 2.82. The van der Waals surface area contributed by atoms with Crippen LogP contribution in [-0.2, 0) is 6.54 Å². The van der Waals surface area contributed by atoms with Gasteiger partial charge in [-0.1, -0.05) is 0 Å². The highest BCUT2D eigenvalue weighted by Gasteiger charge is 2.11. The lowest BCUT2D eigenvalue weighted by molar-refractivity contribution is 0.249. The van der Waals surface area contributed by atoms with Gasteiger partial charge in [-0.05, 0) is 47.7 Å². The number of methoxy groups -OCH3 is 1. The highest BCUT2D eigenvalue weighted by Crippen LogP contribution is 2.36. The maximum Gasteiger partial charge on any atom is 0.175 e. The smallest absolute Gasteiger partial charge is 0.175 e. The predicted molar refractivity (Wildman–Crippen MR) is 72.6 cm³/mol. The highest BCUT2D eigenvalue weighted by molar-refractivity contribution is 9.10. The summed E-state index contributed by atoms with van der Waals surface area (Å²) in [7, 11) is 5.64. The molecule has 0 saturated carbocycles. The largest absolute Gasteiger partial charge is 0.493 e. The summed E-state index contributed by atoms with van der Waals surface area (Å²) >= 11 is 3.47. The normalized spacial score (nSPS) is 10.7. The van der Waals surface area contributed by atoms with Gasteiger partial charge in [-0.15, -0.1) is 0 Å². The summed E-state index contributed by atoms with van der Waals surface area (Å²) in [5, 5.41) is 0. The van der Waals surface area contributed by atoms with Crippen molar-refractivity contribution >= 4 is 15.9 Å². The first-order chi connectivity index (χ1) is 8.08. The van der Waals surface area contributed by atoms with E-state index in [0.717, 1.165) is 22.3 Å². The second kappa shape index (κ2) is 6.83. The predicted octanol–water partition coefficient (Wildman–Crippen LogP) is 1.86. The molecule has 1 aromatic rings. The number of nitrogens with zero attached hydrogens (tertiary/aromatic N) is 1. The monoisotopic (exact) mass is 302 g/mol. The van der Waals surface area contributed by atoms with Gasteiger partial charge in [-0.2, -0.15) is 0 Å².